The Hall–Kier alpha value is -0.300. The molecule has 25 heavy (non-hydrogen) atoms. The molecule has 1 unspecified atom stereocenters. The van der Waals surface area contributed by atoms with E-state index in [-0.39, 0.29) is 0 Å². The Bertz CT molecular complexity index is 287. The van der Waals surface area contributed by atoms with Crippen molar-refractivity contribution < 1.29 is 4.74 Å². The van der Waals surface area contributed by atoms with Gasteiger partial charge in [-0.25, -0.2) is 0 Å². The van der Waals surface area contributed by atoms with E-state index >= 15 is 0 Å². The lowest BCUT2D eigenvalue weighted by atomic mass is 9.91. The van der Waals surface area contributed by atoms with Gasteiger partial charge >= 0.3 is 0 Å². The Morgan fingerprint density at radius 1 is 0.800 bits per heavy atom. The second kappa shape index (κ2) is 17.1. The third-order valence-electron chi connectivity index (χ3n) is 4.85. The summed E-state index contributed by atoms with van der Waals surface area (Å²) >= 11 is 0. The van der Waals surface area contributed by atoms with Crippen molar-refractivity contribution in [1.29, 1.82) is 0 Å². The van der Waals surface area contributed by atoms with Crippen LogP contribution >= 0.6 is 0 Å². The summed E-state index contributed by atoms with van der Waals surface area (Å²) in [5.74, 6) is 0.754. The maximum absolute atomic E-state index is 5.75. The highest BCUT2D eigenvalue weighted by molar-refractivity contribution is 4.86. The highest BCUT2D eigenvalue weighted by Gasteiger charge is 2.08. The first-order chi connectivity index (χ1) is 12.0. The van der Waals surface area contributed by atoms with E-state index in [0.29, 0.717) is 5.41 Å². The molecule has 150 valence electrons. The zero-order valence-electron chi connectivity index (χ0n) is 18.2. The average molecular weight is 353 g/mol. The van der Waals surface area contributed by atoms with Crippen LogP contribution in [-0.4, -0.2) is 13.2 Å². The van der Waals surface area contributed by atoms with Crippen LogP contribution in [0.15, 0.2) is 12.2 Å². The van der Waals surface area contributed by atoms with Gasteiger partial charge in [-0.1, -0.05) is 91.7 Å². The molecule has 0 saturated carbocycles. The molecule has 0 N–H and O–H groups in total. The summed E-state index contributed by atoms with van der Waals surface area (Å²) in [6.45, 7) is 13.5. The van der Waals surface area contributed by atoms with E-state index < -0.39 is 0 Å². The summed E-state index contributed by atoms with van der Waals surface area (Å²) in [6, 6.07) is 0. The molecule has 0 heterocycles. The summed E-state index contributed by atoms with van der Waals surface area (Å²) in [5, 5.41) is 0. The van der Waals surface area contributed by atoms with Gasteiger partial charge in [0.1, 0.15) is 0 Å². The van der Waals surface area contributed by atoms with Gasteiger partial charge in [-0.05, 0) is 49.9 Å². The molecule has 0 aliphatic carbocycles. The second-order valence-corrected chi connectivity index (χ2v) is 9.09. The minimum Gasteiger partial charge on any atom is -0.381 e. The highest BCUT2D eigenvalue weighted by atomic mass is 16.5. The van der Waals surface area contributed by atoms with Crippen molar-refractivity contribution in [2.45, 2.75) is 118 Å². The van der Waals surface area contributed by atoms with Crippen molar-refractivity contribution in [1.82, 2.24) is 0 Å². The van der Waals surface area contributed by atoms with Gasteiger partial charge in [0.15, 0.2) is 0 Å². The normalized spacial score (nSPS) is 13.6. The first-order valence-corrected chi connectivity index (χ1v) is 11.2. The molecular weight excluding hydrogens is 304 g/mol. The Kier molecular flexibility index (Phi) is 16.9. The van der Waals surface area contributed by atoms with Crippen LogP contribution in [0, 0.1) is 11.3 Å². The zero-order valence-corrected chi connectivity index (χ0v) is 18.2. The van der Waals surface area contributed by atoms with Crippen LogP contribution in [0.5, 0.6) is 0 Å². The Labute approximate surface area is 160 Å². The summed E-state index contributed by atoms with van der Waals surface area (Å²) in [7, 11) is 0. The first kappa shape index (κ1) is 24.7. The molecule has 0 aliphatic heterocycles. The monoisotopic (exact) mass is 352 g/mol. The molecule has 0 radical (unpaired) electrons. The minimum atomic E-state index is 0.448. The van der Waals surface area contributed by atoms with Crippen LogP contribution in [-0.2, 0) is 4.74 Å². The fraction of sp³-hybridized carbons (Fsp3) is 0.917. The summed E-state index contributed by atoms with van der Waals surface area (Å²) < 4.78 is 5.75. The van der Waals surface area contributed by atoms with Gasteiger partial charge in [0, 0.05) is 13.2 Å². The van der Waals surface area contributed by atoms with Crippen LogP contribution in [0.2, 0.25) is 0 Å². The first-order valence-electron chi connectivity index (χ1n) is 11.2. The minimum absolute atomic E-state index is 0.448. The number of unbranched alkanes of at least 4 members (excludes halogenated alkanes) is 8. The van der Waals surface area contributed by atoms with Crippen molar-refractivity contribution in [2.24, 2.45) is 11.3 Å². The smallest absolute Gasteiger partial charge is 0.0466 e. The molecule has 1 heteroatoms. The van der Waals surface area contributed by atoms with Crippen LogP contribution in [0.1, 0.15) is 118 Å². The van der Waals surface area contributed by atoms with Crippen molar-refractivity contribution in [3.05, 3.63) is 12.2 Å². The molecule has 0 fully saturated rings. The number of rotatable bonds is 17. The number of allylic oxidation sites excluding steroid dienone is 2. The topological polar surface area (TPSA) is 9.23 Å². The third kappa shape index (κ3) is 21.7. The lowest BCUT2D eigenvalue weighted by molar-refractivity contribution is 0.118. The number of ether oxygens (including phenoxy) is 1. The lowest BCUT2D eigenvalue weighted by Gasteiger charge is -2.17. The van der Waals surface area contributed by atoms with Gasteiger partial charge < -0.3 is 4.74 Å². The molecule has 0 rings (SSSR count). The fourth-order valence-corrected chi connectivity index (χ4v) is 3.12. The van der Waals surface area contributed by atoms with E-state index in [9.17, 15) is 0 Å². The van der Waals surface area contributed by atoms with Gasteiger partial charge in [0.25, 0.3) is 0 Å². The quantitative estimate of drug-likeness (QED) is 0.189. The molecule has 0 aromatic carbocycles. The molecule has 1 nitrogen and oxygen atoms in total. The summed E-state index contributed by atoms with van der Waals surface area (Å²) in [6.07, 6.45) is 22.2. The molecule has 1 atom stereocenters. The van der Waals surface area contributed by atoms with Gasteiger partial charge in [-0.15, -0.1) is 0 Å². The number of hydrogen-bond acceptors (Lipinski definition) is 1. The van der Waals surface area contributed by atoms with Crippen LogP contribution in [0.4, 0.5) is 0 Å². The third-order valence-corrected chi connectivity index (χ3v) is 4.85. The van der Waals surface area contributed by atoms with Crippen molar-refractivity contribution in [3.8, 4) is 0 Å². The zero-order chi connectivity index (χ0) is 18.8. The fourth-order valence-electron chi connectivity index (χ4n) is 3.12. The second-order valence-electron chi connectivity index (χ2n) is 9.09. The Morgan fingerprint density at radius 2 is 1.44 bits per heavy atom. The van der Waals surface area contributed by atoms with E-state index in [0.717, 1.165) is 19.1 Å². The van der Waals surface area contributed by atoms with Gasteiger partial charge in [-0.2, -0.15) is 0 Å². The van der Waals surface area contributed by atoms with E-state index in [1.807, 2.05) is 0 Å². The highest BCUT2D eigenvalue weighted by Crippen LogP contribution is 2.20. The van der Waals surface area contributed by atoms with Gasteiger partial charge in [-0.3, -0.25) is 0 Å². The largest absolute Gasteiger partial charge is 0.381 e. The van der Waals surface area contributed by atoms with E-state index in [4.69, 9.17) is 4.74 Å². The maximum atomic E-state index is 5.75. The van der Waals surface area contributed by atoms with Crippen molar-refractivity contribution in [2.75, 3.05) is 13.2 Å². The van der Waals surface area contributed by atoms with Crippen LogP contribution in [0.3, 0.4) is 0 Å². The standard InChI is InChI=1S/C24H48O/c1-6-7-8-9-10-11-14-18-23(2)19-15-12-13-16-21-25-22-17-20-24(3,4)5/h14,18,23H,6-13,15-17,19-22H2,1-5H3/b18-14+. The molecule has 0 saturated heterocycles. The van der Waals surface area contributed by atoms with Crippen molar-refractivity contribution >= 4 is 0 Å². The summed E-state index contributed by atoms with van der Waals surface area (Å²) in [5.41, 5.74) is 0.448. The van der Waals surface area contributed by atoms with Gasteiger partial charge in [0.2, 0.25) is 0 Å². The van der Waals surface area contributed by atoms with E-state index in [1.54, 1.807) is 0 Å². The predicted octanol–water partition coefficient (Wildman–Crippen LogP) is 8.33. The Balaban J connectivity index is 3.28. The maximum Gasteiger partial charge on any atom is 0.0466 e. The van der Waals surface area contributed by atoms with E-state index in [1.165, 1.54) is 83.5 Å². The van der Waals surface area contributed by atoms with Crippen molar-refractivity contribution in [3.63, 3.8) is 0 Å². The summed E-state index contributed by atoms with van der Waals surface area (Å²) in [4.78, 5) is 0. The number of hydrogen-bond donors (Lipinski definition) is 0. The van der Waals surface area contributed by atoms with Crippen LogP contribution < -0.4 is 0 Å². The SMILES string of the molecule is CCCCCCC/C=C/C(C)CCCCCCOCCCC(C)(C)C. The predicted molar refractivity (Wildman–Crippen MR) is 114 cm³/mol. The molecule has 0 aromatic heterocycles. The van der Waals surface area contributed by atoms with Gasteiger partial charge in [0.05, 0.1) is 0 Å². The molecule has 0 bridgehead atoms. The molecule has 0 aromatic rings. The van der Waals surface area contributed by atoms with Crippen LogP contribution in [0.25, 0.3) is 0 Å². The lowest BCUT2D eigenvalue weighted by Crippen LogP contribution is -2.07. The van der Waals surface area contributed by atoms with E-state index in [2.05, 4.69) is 46.8 Å². The average Bonchev–Trinajstić information content (AvgIpc) is 2.54. The molecular formula is C24H48O. The molecule has 0 spiro atoms. The molecule has 0 aliphatic rings. The Morgan fingerprint density at radius 3 is 2.16 bits per heavy atom. The molecule has 0 amide bonds.